The fraction of sp³-hybridized carbons (Fsp3) is 0.174. The van der Waals surface area contributed by atoms with E-state index in [1.807, 2.05) is 0 Å². The van der Waals surface area contributed by atoms with Crippen LogP contribution in [0.1, 0.15) is 17.0 Å². The predicted molar refractivity (Wildman–Crippen MR) is 112 cm³/mol. The van der Waals surface area contributed by atoms with Crippen LogP contribution in [-0.4, -0.2) is 27.0 Å². The minimum absolute atomic E-state index is 0.00810. The molecule has 194 valence electrons. The molecule has 6 nitrogen and oxygen atoms in total. The van der Waals surface area contributed by atoms with Gasteiger partial charge in [0.1, 0.15) is 46.8 Å². The Balaban J connectivity index is 1.64. The number of nitrogens with zero attached hydrogens (tertiary/aromatic N) is 3. The third kappa shape index (κ3) is 5.62. The lowest BCUT2D eigenvalue weighted by atomic mass is 10.1. The molecule has 0 unspecified atom stereocenters. The van der Waals surface area contributed by atoms with Crippen molar-refractivity contribution in [1.29, 1.82) is 0 Å². The zero-order chi connectivity index (χ0) is 27.0. The second kappa shape index (κ2) is 9.67. The molecule has 0 amide bonds. The Bertz CT molecular complexity index is 1420. The average molecular weight is 530 g/mol. The van der Waals surface area contributed by atoms with Crippen molar-refractivity contribution >= 4 is 0 Å². The van der Waals surface area contributed by atoms with E-state index in [0.29, 0.717) is 6.20 Å². The lowest BCUT2D eigenvalue weighted by Gasteiger charge is -2.13. The number of pyridine rings is 2. The molecule has 3 aromatic heterocycles. The number of aromatic amines is 1. The van der Waals surface area contributed by atoms with Crippen molar-refractivity contribution in [3.05, 3.63) is 77.5 Å². The Morgan fingerprint density at radius 2 is 1.65 bits per heavy atom. The van der Waals surface area contributed by atoms with Crippen molar-refractivity contribution < 1.29 is 44.6 Å². The van der Waals surface area contributed by atoms with Gasteiger partial charge in [0.2, 0.25) is 5.95 Å². The maximum Gasteiger partial charge on any atom is 0.433 e. The molecule has 0 saturated heterocycles. The van der Waals surface area contributed by atoms with Crippen LogP contribution in [-0.2, 0) is 19.0 Å². The van der Waals surface area contributed by atoms with E-state index in [2.05, 4.69) is 19.9 Å². The zero-order valence-electron chi connectivity index (χ0n) is 18.5. The Kier molecular flexibility index (Phi) is 6.76. The number of alkyl halides is 6. The number of halogens is 8. The second-order valence-electron chi connectivity index (χ2n) is 7.48. The number of hydrogen-bond donors (Lipinski definition) is 1. The van der Waals surface area contributed by atoms with Crippen LogP contribution in [0.5, 0.6) is 11.5 Å². The number of H-pyrrole nitrogens is 1. The smallest absolute Gasteiger partial charge is 0.433 e. The highest BCUT2D eigenvalue weighted by atomic mass is 19.4. The van der Waals surface area contributed by atoms with Gasteiger partial charge in [0.05, 0.1) is 12.7 Å². The zero-order valence-corrected chi connectivity index (χ0v) is 18.5. The molecule has 14 heteroatoms. The molecule has 0 atom stereocenters. The summed E-state index contributed by atoms with van der Waals surface area (Å²) in [6, 6.07) is 6.10. The van der Waals surface area contributed by atoms with Crippen molar-refractivity contribution in [2.45, 2.75) is 19.0 Å². The monoisotopic (exact) mass is 530 g/mol. The summed E-state index contributed by atoms with van der Waals surface area (Å²) in [5.41, 5.74) is -3.39. The van der Waals surface area contributed by atoms with Gasteiger partial charge in [-0.1, -0.05) is 0 Å². The van der Waals surface area contributed by atoms with Gasteiger partial charge in [-0.3, -0.25) is 4.98 Å². The summed E-state index contributed by atoms with van der Waals surface area (Å²) < 4.78 is 117. The van der Waals surface area contributed by atoms with E-state index in [0.717, 1.165) is 12.3 Å². The molecular formula is C23H14F8N4O2. The molecule has 0 aliphatic heterocycles. The molecule has 37 heavy (non-hydrogen) atoms. The third-order valence-electron chi connectivity index (χ3n) is 5.04. The number of aromatic nitrogens is 4. The van der Waals surface area contributed by atoms with Crippen molar-refractivity contribution in [2.24, 2.45) is 0 Å². The third-order valence-corrected chi connectivity index (χ3v) is 5.04. The Morgan fingerprint density at radius 1 is 0.892 bits per heavy atom. The summed E-state index contributed by atoms with van der Waals surface area (Å²) >= 11 is 0. The first kappa shape index (κ1) is 25.9. The summed E-state index contributed by atoms with van der Waals surface area (Å²) in [4.78, 5) is 13.0. The van der Waals surface area contributed by atoms with Crippen LogP contribution >= 0.6 is 0 Å². The predicted octanol–water partition coefficient (Wildman–Crippen LogP) is 6.44. The van der Waals surface area contributed by atoms with E-state index >= 15 is 0 Å². The number of rotatable bonds is 6. The molecule has 0 saturated carbocycles. The molecular weight excluding hydrogens is 516 g/mol. The fourth-order valence-electron chi connectivity index (χ4n) is 3.26. The van der Waals surface area contributed by atoms with Crippen molar-refractivity contribution in [2.75, 3.05) is 7.11 Å². The maximum absolute atomic E-state index is 14.0. The lowest BCUT2D eigenvalue weighted by Crippen LogP contribution is -2.09. The number of methoxy groups -OCH3 is 1. The van der Waals surface area contributed by atoms with Crippen LogP contribution in [0.3, 0.4) is 0 Å². The van der Waals surface area contributed by atoms with Gasteiger partial charge < -0.3 is 14.5 Å². The van der Waals surface area contributed by atoms with E-state index in [9.17, 15) is 35.1 Å². The highest BCUT2D eigenvalue weighted by molar-refractivity contribution is 5.73. The maximum atomic E-state index is 14.0. The molecule has 0 aliphatic carbocycles. The minimum Gasteiger partial charge on any atom is -0.496 e. The number of nitrogens with one attached hydrogen (secondary N) is 1. The molecule has 3 heterocycles. The SMILES string of the molecule is COc1cc(OCc2ncc(C(F)(F)F)cc2F)ccc1-c1nc(-c2ccc(F)nc2)[nH]c1C(F)(F)F. The van der Waals surface area contributed by atoms with E-state index in [4.69, 9.17) is 9.47 Å². The van der Waals surface area contributed by atoms with Gasteiger partial charge >= 0.3 is 12.4 Å². The first-order chi connectivity index (χ1) is 17.4. The number of hydrogen-bond acceptors (Lipinski definition) is 5. The summed E-state index contributed by atoms with van der Waals surface area (Å²) in [6.45, 7) is -0.565. The van der Waals surface area contributed by atoms with Gasteiger partial charge in [-0.2, -0.15) is 30.7 Å². The van der Waals surface area contributed by atoms with Crippen LogP contribution in [0.15, 0.2) is 48.8 Å². The van der Waals surface area contributed by atoms with Crippen LogP contribution in [0.25, 0.3) is 22.6 Å². The fourth-order valence-corrected chi connectivity index (χ4v) is 3.26. The van der Waals surface area contributed by atoms with E-state index in [1.54, 1.807) is 0 Å². The van der Waals surface area contributed by atoms with Crippen LogP contribution < -0.4 is 9.47 Å². The van der Waals surface area contributed by atoms with E-state index < -0.39 is 53.4 Å². The van der Waals surface area contributed by atoms with E-state index in [1.165, 1.54) is 31.4 Å². The van der Waals surface area contributed by atoms with Gasteiger partial charge in [0, 0.05) is 29.6 Å². The van der Waals surface area contributed by atoms with Gasteiger partial charge in [0.15, 0.2) is 0 Å². The van der Waals surface area contributed by atoms with Crippen LogP contribution in [0.4, 0.5) is 35.1 Å². The molecule has 0 radical (unpaired) electrons. The van der Waals surface area contributed by atoms with Gasteiger partial charge in [0.25, 0.3) is 0 Å². The second-order valence-corrected chi connectivity index (χ2v) is 7.48. The Labute approximate surface area is 202 Å². The number of benzene rings is 1. The molecule has 0 fully saturated rings. The largest absolute Gasteiger partial charge is 0.496 e. The highest BCUT2D eigenvalue weighted by Gasteiger charge is 2.38. The van der Waals surface area contributed by atoms with Gasteiger partial charge in [-0.25, -0.2) is 14.4 Å². The summed E-state index contributed by atoms with van der Waals surface area (Å²) in [6.07, 6.45) is -8.15. The van der Waals surface area contributed by atoms with Crippen molar-refractivity contribution in [3.8, 4) is 34.1 Å². The molecule has 4 rings (SSSR count). The lowest BCUT2D eigenvalue weighted by molar-refractivity contribution is -0.140. The van der Waals surface area contributed by atoms with Crippen molar-refractivity contribution in [1.82, 2.24) is 19.9 Å². The summed E-state index contributed by atoms with van der Waals surface area (Å²) in [7, 11) is 1.18. The average Bonchev–Trinajstić information content (AvgIpc) is 3.29. The number of ether oxygens (including phenoxy) is 2. The summed E-state index contributed by atoms with van der Waals surface area (Å²) in [5.74, 6) is -2.38. The first-order valence-corrected chi connectivity index (χ1v) is 10.2. The molecule has 1 N–H and O–H groups in total. The molecule has 1 aromatic carbocycles. The molecule has 4 aromatic rings. The normalized spacial score (nSPS) is 12.0. The molecule has 0 spiro atoms. The molecule has 0 aliphatic rings. The van der Waals surface area contributed by atoms with Crippen LogP contribution in [0, 0.1) is 11.8 Å². The Hall–Kier alpha value is -4.23. The topological polar surface area (TPSA) is 72.9 Å². The number of imidazole rings is 1. The Morgan fingerprint density at radius 3 is 2.24 bits per heavy atom. The van der Waals surface area contributed by atoms with E-state index in [-0.39, 0.29) is 34.5 Å². The highest BCUT2D eigenvalue weighted by Crippen LogP contribution is 2.41. The standard InChI is InChI=1S/C23H14F8N4O2/c1-36-17-7-13(37-10-16-15(24)6-12(9-32-16)22(26,27)28)3-4-14(17)19-20(23(29,30)31)35-21(34-19)11-2-5-18(25)33-8-11/h2-9H,10H2,1H3,(H,34,35). The first-order valence-electron chi connectivity index (χ1n) is 10.2. The quantitative estimate of drug-likeness (QED) is 0.230. The van der Waals surface area contributed by atoms with Crippen molar-refractivity contribution in [3.63, 3.8) is 0 Å². The van der Waals surface area contributed by atoms with Gasteiger partial charge in [-0.05, 0) is 30.3 Å². The van der Waals surface area contributed by atoms with Crippen LogP contribution in [0.2, 0.25) is 0 Å². The summed E-state index contributed by atoms with van der Waals surface area (Å²) in [5, 5.41) is 0. The minimum atomic E-state index is -4.85. The molecule has 0 bridgehead atoms. The van der Waals surface area contributed by atoms with Gasteiger partial charge in [-0.15, -0.1) is 0 Å².